The summed E-state index contributed by atoms with van der Waals surface area (Å²) in [5, 5.41) is 0. The monoisotopic (exact) mass is 284 g/mol. The zero-order valence-electron chi connectivity index (χ0n) is 13.5. The van der Waals surface area contributed by atoms with Crippen LogP contribution in [0.2, 0.25) is 0 Å². The molecule has 0 saturated carbocycles. The highest BCUT2D eigenvalue weighted by Gasteiger charge is 2.12. The molecule has 0 aromatic rings. The molecule has 3 heteroatoms. The first-order chi connectivity index (χ1) is 9.36. The second kappa shape index (κ2) is 10.6. The Morgan fingerprint density at radius 2 is 1.85 bits per heavy atom. The summed E-state index contributed by atoms with van der Waals surface area (Å²) in [5.41, 5.74) is 1.79. The topological polar surface area (TPSA) is 26.3 Å². The van der Waals surface area contributed by atoms with E-state index in [9.17, 15) is 9.18 Å². The molecule has 0 radical (unpaired) electrons. The van der Waals surface area contributed by atoms with E-state index >= 15 is 0 Å². The summed E-state index contributed by atoms with van der Waals surface area (Å²) in [6, 6.07) is 0. The van der Waals surface area contributed by atoms with Crippen LogP contribution in [0.25, 0.3) is 0 Å². The third-order valence-electron chi connectivity index (χ3n) is 3.25. The van der Waals surface area contributed by atoms with Crippen LogP contribution >= 0.6 is 0 Å². The highest BCUT2D eigenvalue weighted by molar-refractivity contribution is 5.82. The number of alkyl halides is 1. The number of carbonyl (C=O) groups is 1. The van der Waals surface area contributed by atoms with Gasteiger partial charge in [0, 0.05) is 6.08 Å². The number of halogens is 1. The first-order valence-electron chi connectivity index (χ1n) is 7.49. The van der Waals surface area contributed by atoms with E-state index in [0.29, 0.717) is 24.5 Å². The molecule has 0 amide bonds. The van der Waals surface area contributed by atoms with Gasteiger partial charge in [-0.2, -0.15) is 0 Å². The number of ether oxygens (including phenoxy) is 1. The smallest absolute Gasteiger partial charge is 0.330 e. The summed E-state index contributed by atoms with van der Waals surface area (Å²) in [7, 11) is 0. The van der Waals surface area contributed by atoms with Gasteiger partial charge in [-0.3, -0.25) is 0 Å². The fourth-order valence-corrected chi connectivity index (χ4v) is 1.92. The Labute approximate surface area is 123 Å². The van der Waals surface area contributed by atoms with Crippen molar-refractivity contribution in [2.45, 2.75) is 66.5 Å². The minimum atomic E-state index is -1.05. The van der Waals surface area contributed by atoms with Gasteiger partial charge in [0.15, 0.2) is 0 Å². The van der Waals surface area contributed by atoms with Crippen LogP contribution in [0.5, 0.6) is 0 Å². The van der Waals surface area contributed by atoms with Gasteiger partial charge in [-0.05, 0) is 64.9 Å². The van der Waals surface area contributed by atoms with Gasteiger partial charge in [0.25, 0.3) is 0 Å². The summed E-state index contributed by atoms with van der Waals surface area (Å²) in [6.07, 6.45) is 5.88. The maximum absolute atomic E-state index is 13.9. The molecule has 116 valence electrons. The molecule has 0 rings (SSSR count). The molecule has 20 heavy (non-hydrogen) atoms. The standard InChI is InChI=1S/C17H29FO2/c1-6-20-17(19)12-15(5)16(18)11-10-14(4)9-7-8-13(2)3/h8,12,14,16H,6-7,9-11H2,1-5H3/b15-12-/t14-,16+/m0/s1. The van der Waals surface area contributed by atoms with Gasteiger partial charge in [-0.15, -0.1) is 0 Å². The Bertz CT molecular complexity index is 341. The van der Waals surface area contributed by atoms with Crippen LogP contribution in [-0.4, -0.2) is 18.7 Å². The van der Waals surface area contributed by atoms with E-state index in [2.05, 4.69) is 26.8 Å². The molecule has 0 fully saturated rings. The predicted molar refractivity (Wildman–Crippen MR) is 82.3 cm³/mol. The van der Waals surface area contributed by atoms with Gasteiger partial charge in [0.05, 0.1) is 6.61 Å². The number of rotatable bonds is 9. The maximum Gasteiger partial charge on any atom is 0.330 e. The average molecular weight is 284 g/mol. The van der Waals surface area contributed by atoms with E-state index in [4.69, 9.17) is 4.74 Å². The third-order valence-corrected chi connectivity index (χ3v) is 3.25. The molecule has 0 aromatic carbocycles. The quantitative estimate of drug-likeness (QED) is 0.338. The Morgan fingerprint density at radius 3 is 2.40 bits per heavy atom. The van der Waals surface area contributed by atoms with Crippen molar-refractivity contribution in [2.75, 3.05) is 6.61 Å². The summed E-state index contributed by atoms with van der Waals surface area (Å²) in [4.78, 5) is 11.2. The molecule has 0 bridgehead atoms. The number of carbonyl (C=O) groups excluding carboxylic acids is 1. The molecule has 0 aliphatic heterocycles. The largest absolute Gasteiger partial charge is 0.463 e. The zero-order chi connectivity index (χ0) is 15.5. The van der Waals surface area contributed by atoms with Gasteiger partial charge in [0.1, 0.15) is 6.17 Å². The van der Waals surface area contributed by atoms with Crippen LogP contribution in [0, 0.1) is 5.92 Å². The minimum Gasteiger partial charge on any atom is -0.463 e. The highest BCUT2D eigenvalue weighted by Crippen LogP contribution is 2.20. The lowest BCUT2D eigenvalue weighted by Crippen LogP contribution is -2.08. The number of esters is 1. The minimum absolute atomic E-state index is 0.320. The number of allylic oxidation sites excluding steroid dienone is 3. The van der Waals surface area contributed by atoms with Crippen LogP contribution in [0.3, 0.4) is 0 Å². The van der Waals surface area contributed by atoms with Crippen molar-refractivity contribution >= 4 is 5.97 Å². The summed E-state index contributed by atoms with van der Waals surface area (Å²) in [5.74, 6) is 0.0449. The summed E-state index contributed by atoms with van der Waals surface area (Å²) < 4.78 is 18.7. The van der Waals surface area contributed by atoms with Gasteiger partial charge in [0.2, 0.25) is 0 Å². The normalized spacial score (nSPS) is 14.6. The van der Waals surface area contributed by atoms with Crippen molar-refractivity contribution in [3.63, 3.8) is 0 Å². The molecule has 0 N–H and O–H groups in total. The Morgan fingerprint density at radius 1 is 1.20 bits per heavy atom. The fraction of sp³-hybridized carbons (Fsp3) is 0.706. The molecule has 0 unspecified atom stereocenters. The molecule has 0 aromatic heterocycles. The second-order valence-electron chi connectivity index (χ2n) is 5.65. The Hall–Kier alpha value is -1.12. The summed E-state index contributed by atoms with van der Waals surface area (Å²) >= 11 is 0. The first-order valence-corrected chi connectivity index (χ1v) is 7.49. The predicted octanol–water partition coefficient (Wildman–Crippen LogP) is 5.00. The van der Waals surface area contributed by atoms with Gasteiger partial charge >= 0.3 is 5.97 Å². The Balaban J connectivity index is 4.05. The van der Waals surface area contributed by atoms with Crippen molar-refractivity contribution in [2.24, 2.45) is 5.92 Å². The third kappa shape index (κ3) is 9.76. The van der Waals surface area contributed by atoms with Crippen molar-refractivity contribution in [1.82, 2.24) is 0 Å². The molecule has 0 spiro atoms. The van der Waals surface area contributed by atoms with E-state index < -0.39 is 12.1 Å². The maximum atomic E-state index is 13.9. The van der Waals surface area contributed by atoms with E-state index in [1.807, 2.05) is 0 Å². The molecule has 0 heterocycles. The van der Waals surface area contributed by atoms with Crippen LogP contribution in [0.15, 0.2) is 23.3 Å². The number of hydrogen-bond donors (Lipinski definition) is 0. The van der Waals surface area contributed by atoms with Crippen LogP contribution in [-0.2, 0) is 9.53 Å². The lowest BCUT2D eigenvalue weighted by Gasteiger charge is -2.13. The summed E-state index contributed by atoms with van der Waals surface area (Å²) in [6.45, 7) is 10.0. The van der Waals surface area contributed by atoms with Crippen LogP contribution in [0.4, 0.5) is 4.39 Å². The van der Waals surface area contributed by atoms with E-state index in [0.717, 1.165) is 19.3 Å². The second-order valence-corrected chi connectivity index (χ2v) is 5.65. The SMILES string of the molecule is CCOC(=O)/C=C(/C)[C@H](F)CC[C@@H](C)CCC=C(C)C. The lowest BCUT2D eigenvalue weighted by atomic mass is 9.96. The molecule has 0 aliphatic carbocycles. The van der Waals surface area contributed by atoms with Crippen molar-refractivity contribution in [3.8, 4) is 0 Å². The van der Waals surface area contributed by atoms with E-state index in [1.165, 1.54) is 11.6 Å². The molecule has 2 atom stereocenters. The van der Waals surface area contributed by atoms with Gasteiger partial charge in [-0.1, -0.05) is 18.6 Å². The van der Waals surface area contributed by atoms with Crippen molar-refractivity contribution in [3.05, 3.63) is 23.3 Å². The molecule has 0 saturated heterocycles. The molecular weight excluding hydrogens is 255 g/mol. The number of hydrogen-bond acceptors (Lipinski definition) is 2. The van der Waals surface area contributed by atoms with Crippen LogP contribution < -0.4 is 0 Å². The average Bonchev–Trinajstić information content (AvgIpc) is 2.35. The van der Waals surface area contributed by atoms with E-state index in [1.54, 1.807) is 13.8 Å². The fourth-order valence-electron chi connectivity index (χ4n) is 1.92. The zero-order valence-corrected chi connectivity index (χ0v) is 13.5. The lowest BCUT2D eigenvalue weighted by molar-refractivity contribution is -0.137. The van der Waals surface area contributed by atoms with E-state index in [-0.39, 0.29) is 0 Å². The van der Waals surface area contributed by atoms with Gasteiger partial charge in [-0.25, -0.2) is 9.18 Å². The molecule has 0 aliphatic rings. The van der Waals surface area contributed by atoms with Crippen molar-refractivity contribution < 1.29 is 13.9 Å². The molecular formula is C17H29FO2. The van der Waals surface area contributed by atoms with Crippen LogP contribution in [0.1, 0.15) is 60.3 Å². The van der Waals surface area contributed by atoms with Crippen molar-refractivity contribution in [1.29, 1.82) is 0 Å². The Kier molecular flexibility index (Phi) is 10.0. The highest BCUT2D eigenvalue weighted by atomic mass is 19.1. The van der Waals surface area contributed by atoms with Gasteiger partial charge < -0.3 is 4.74 Å². The first kappa shape index (κ1) is 18.9. The molecule has 2 nitrogen and oxygen atoms in total.